The summed E-state index contributed by atoms with van der Waals surface area (Å²) < 4.78 is 5.08. The number of ether oxygens (including phenoxy) is 1. The van der Waals surface area contributed by atoms with Crippen LogP contribution in [0.4, 0.5) is 0 Å². The average molecular weight is 357 g/mol. The van der Waals surface area contributed by atoms with Gasteiger partial charge in [0.25, 0.3) is 5.91 Å². The molecule has 7 heteroatoms. The number of aromatic hydroxyl groups is 1. The Morgan fingerprint density at radius 2 is 2.12 bits per heavy atom. The second kappa shape index (κ2) is 8.67. The quantitative estimate of drug-likeness (QED) is 0.770. The molecule has 2 atom stereocenters. The largest absolute Gasteiger partial charge is 0.507 e. The molecule has 0 bridgehead atoms. The lowest BCUT2D eigenvalue weighted by Crippen LogP contribution is -2.33. The van der Waals surface area contributed by atoms with Crippen LogP contribution in [0.15, 0.2) is 18.2 Å². The number of likely N-dealkylation sites (N-methyl/N-ethyl adjacent to an activating group) is 1. The molecule has 6 nitrogen and oxygen atoms in total. The summed E-state index contributed by atoms with van der Waals surface area (Å²) >= 11 is 5.93. The van der Waals surface area contributed by atoms with Gasteiger partial charge in [-0.05, 0) is 31.2 Å². The van der Waals surface area contributed by atoms with Crippen LogP contribution in [0.5, 0.6) is 5.75 Å². The van der Waals surface area contributed by atoms with Crippen LogP contribution in [0.2, 0.25) is 5.02 Å². The maximum atomic E-state index is 12.7. The fourth-order valence-electron chi connectivity index (χ4n) is 3.11. The van der Waals surface area contributed by atoms with Crippen LogP contribution < -0.4 is 0 Å². The van der Waals surface area contributed by atoms with Crippen molar-refractivity contribution in [2.24, 2.45) is 11.8 Å². The molecule has 2 N–H and O–H groups in total. The zero-order chi connectivity index (χ0) is 17.7. The molecule has 0 unspecified atom stereocenters. The van der Waals surface area contributed by atoms with E-state index in [1.165, 1.54) is 12.1 Å². The van der Waals surface area contributed by atoms with Crippen molar-refractivity contribution in [2.45, 2.75) is 0 Å². The predicted octanol–water partition coefficient (Wildman–Crippen LogP) is 1.30. The number of rotatable bonds is 7. The van der Waals surface area contributed by atoms with E-state index < -0.39 is 0 Å². The Morgan fingerprint density at radius 3 is 2.79 bits per heavy atom. The molecule has 2 rings (SSSR count). The number of hydrogen-bond acceptors (Lipinski definition) is 5. The van der Waals surface area contributed by atoms with E-state index in [9.17, 15) is 15.0 Å². The molecule has 0 aliphatic carbocycles. The van der Waals surface area contributed by atoms with Gasteiger partial charge in [-0.1, -0.05) is 11.6 Å². The van der Waals surface area contributed by atoms with Crippen molar-refractivity contribution in [3.63, 3.8) is 0 Å². The van der Waals surface area contributed by atoms with Gasteiger partial charge in [-0.25, -0.2) is 0 Å². The summed E-state index contributed by atoms with van der Waals surface area (Å²) in [6, 6.07) is 4.44. The number of benzene rings is 1. The van der Waals surface area contributed by atoms with Crippen molar-refractivity contribution in [1.29, 1.82) is 0 Å². The maximum absolute atomic E-state index is 12.7. The second-order valence-corrected chi connectivity index (χ2v) is 6.77. The summed E-state index contributed by atoms with van der Waals surface area (Å²) in [5, 5.41) is 20.0. The van der Waals surface area contributed by atoms with E-state index in [0.29, 0.717) is 24.7 Å². The SMILES string of the molecule is COCCN(C)C[C@@H]1CN(C(=O)c2cc(Cl)ccc2O)C[C@@H]1CO. The van der Waals surface area contributed by atoms with Gasteiger partial charge < -0.3 is 24.7 Å². The van der Waals surface area contributed by atoms with Crippen molar-refractivity contribution in [1.82, 2.24) is 9.80 Å². The lowest BCUT2D eigenvalue weighted by molar-refractivity contribution is 0.0775. The number of carbonyl (C=O) groups excluding carboxylic acids is 1. The number of hydrogen-bond donors (Lipinski definition) is 2. The van der Waals surface area contributed by atoms with Gasteiger partial charge in [0.05, 0.1) is 12.2 Å². The fraction of sp³-hybridized carbons (Fsp3) is 0.588. The Morgan fingerprint density at radius 1 is 1.42 bits per heavy atom. The lowest BCUT2D eigenvalue weighted by Gasteiger charge is -2.23. The zero-order valence-corrected chi connectivity index (χ0v) is 14.9. The van der Waals surface area contributed by atoms with Gasteiger partial charge >= 0.3 is 0 Å². The van der Waals surface area contributed by atoms with Gasteiger partial charge in [-0.3, -0.25) is 4.79 Å². The molecule has 1 heterocycles. The van der Waals surface area contributed by atoms with E-state index in [2.05, 4.69) is 4.90 Å². The standard InChI is InChI=1S/C17H25ClN2O4/c1-19(5-6-24-2)8-12-9-20(10-13(12)11-21)17(23)15-7-14(18)3-4-16(15)22/h3-4,7,12-13,21-22H,5-6,8-11H2,1-2H3/t12-,13-/m1/s1. The van der Waals surface area contributed by atoms with E-state index >= 15 is 0 Å². The molecule has 0 spiro atoms. The first-order valence-electron chi connectivity index (χ1n) is 8.02. The van der Waals surface area contributed by atoms with Crippen LogP contribution in [0.25, 0.3) is 0 Å². The first-order valence-corrected chi connectivity index (χ1v) is 8.40. The number of amides is 1. The average Bonchev–Trinajstić information content (AvgIpc) is 2.97. The highest BCUT2D eigenvalue weighted by Crippen LogP contribution is 2.29. The van der Waals surface area contributed by atoms with Crippen molar-refractivity contribution >= 4 is 17.5 Å². The summed E-state index contributed by atoms with van der Waals surface area (Å²) in [5.41, 5.74) is 0.201. The summed E-state index contributed by atoms with van der Waals surface area (Å²) in [7, 11) is 3.67. The first kappa shape index (κ1) is 19.0. The summed E-state index contributed by atoms with van der Waals surface area (Å²) in [5.74, 6) is -0.122. The maximum Gasteiger partial charge on any atom is 0.257 e. The number of phenols is 1. The predicted molar refractivity (Wildman–Crippen MR) is 92.5 cm³/mol. The van der Waals surface area contributed by atoms with Crippen molar-refractivity contribution in [3.05, 3.63) is 28.8 Å². The molecular weight excluding hydrogens is 332 g/mol. The molecule has 1 amide bonds. The highest BCUT2D eigenvalue weighted by Gasteiger charge is 2.36. The van der Waals surface area contributed by atoms with Gasteiger partial charge in [0.1, 0.15) is 5.75 Å². The molecule has 1 aromatic carbocycles. The van der Waals surface area contributed by atoms with Crippen LogP contribution in [0.3, 0.4) is 0 Å². The van der Waals surface area contributed by atoms with Crippen molar-refractivity contribution in [3.8, 4) is 5.75 Å². The molecule has 0 radical (unpaired) electrons. The van der Waals surface area contributed by atoms with E-state index in [1.807, 2.05) is 7.05 Å². The number of likely N-dealkylation sites (tertiary alicyclic amines) is 1. The van der Waals surface area contributed by atoms with E-state index in [1.54, 1.807) is 18.1 Å². The van der Waals surface area contributed by atoms with Gasteiger partial charge in [-0.15, -0.1) is 0 Å². The third-order valence-electron chi connectivity index (χ3n) is 4.51. The summed E-state index contributed by atoms with van der Waals surface area (Å²) in [6.07, 6.45) is 0. The third-order valence-corrected chi connectivity index (χ3v) is 4.75. The molecule has 1 aromatic rings. The molecule has 0 aromatic heterocycles. The Kier molecular flexibility index (Phi) is 6.86. The Bertz CT molecular complexity index is 570. The van der Waals surface area contributed by atoms with Gasteiger partial charge in [0.2, 0.25) is 0 Å². The van der Waals surface area contributed by atoms with Crippen LogP contribution in [-0.2, 0) is 4.74 Å². The third kappa shape index (κ3) is 4.60. The number of aliphatic hydroxyl groups is 1. The van der Waals surface area contributed by atoms with E-state index in [0.717, 1.165) is 13.1 Å². The van der Waals surface area contributed by atoms with Gasteiger partial charge in [0, 0.05) is 50.8 Å². The minimum atomic E-state index is -0.254. The number of carbonyl (C=O) groups is 1. The molecule has 1 aliphatic rings. The summed E-state index contributed by atoms with van der Waals surface area (Å²) in [4.78, 5) is 16.5. The highest BCUT2D eigenvalue weighted by atomic mass is 35.5. The Balaban J connectivity index is 2.04. The first-order chi connectivity index (χ1) is 11.5. The number of methoxy groups -OCH3 is 1. The molecule has 24 heavy (non-hydrogen) atoms. The number of aliphatic hydroxyl groups excluding tert-OH is 1. The number of nitrogens with zero attached hydrogens (tertiary/aromatic N) is 2. The lowest BCUT2D eigenvalue weighted by atomic mass is 9.96. The zero-order valence-electron chi connectivity index (χ0n) is 14.1. The van der Waals surface area contributed by atoms with Crippen LogP contribution in [0, 0.1) is 11.8 Å². The van der Waals surface area contributed by atoms with Crippen LogP contribution >= 0.6 is 11.6 Å². The normalized spacial score (nSPS) is 20.8. The van der Waals surface area contributed by atoms with Crippen LogP contribution in [0.1, 0.15) is 10.4 Å². The second-order valence-electron chi connectivity index (χ2n) is 6.33. The smallest absolute Gasteiger partial charge is 0.257 e. The molecule has 1 saturated heterocycles. The highest BCUT2D eigenvalue weighted by molar-refractivity contribution is 6.31. The molecule has 1 aliphatic heterocycles. The number of halogens is 1. The Hall–Kier alpha value is -1.34. The fourth-order valence-corrected chi connectivity index (χ4v) is 3.28. The topological polar surface area (TPSA) is 73.2 Å². The van der Waals surface area contributed by atoms with Crippen molar-refractivity contribution in [2.75, 3.05) is 53.6 Å². The van der Waals surface area contributed by atoms with Crippen LogP contribution in [-0.4, -0.2) is 79.5 Å². The molecule has 1 fully saturated rings. The minimum Gasteiger partial charge on any atom is -0.507 e. The van der Waals surface area contributed by atoms with Crippen molar-refractivity contribution < 1.29 is 19.7 Å². The molecule has 134 valence electrons. The van der Waals surface area contributed by atoms with E-state index in [4.69, 9.17) is 16.3 Å². The number of phenolic OH excluding ortho intramolecular Hbond substituents is 1. The van der Waals surface area contributed by atoms with Gasteiger partial charge in [-0.2, -0.15) is 0 Å². The van der Waals surface area contributed by atoms with Gasteiger partial charge in [0.15, 0.2) is 0 Å². The Labute approximate surface area is 147 Å². The molecular formula is C17H25ClN2O4. The van der Waals surface area contributed by atoms with E-state index in [-0.39, 0.29) is 35.7 Å². The molecule has 0 saturated carbocycles. The monoisotopic (exact) mass is 356 g/mol. The minimum absolute atomic E-state index is 0.0280. The summed E-state index contributed by atoms with van der Waals surface area (Å²) in [6.45, 7) is 3.28.